The maximum absolute atomic E-state index is 6.07. The molecule has 10 radical (unpaired) electrons. The van der Waals surface area contributed by atoms with Gasteiger partial charge in [-0.15, -0.1) is 5.37 Å². The van der Waals surface area contributed by atoms with Crippen LogP contribution in [0.3, 0.4) is 0 Å². The molecule has 84 valence electrons. The average molecular weight is 244 g/mol. The first kappa shape index (κ1) is 16.1. The van der Waals surface area contributed by atoms with Gasteiger partial charge in [0.2, 0.25) is 6.74 Å². The van der Waals surface area contributed by atoms with E-state index < -0.39 is 19.4 Å². The van der Waals surface area contributed by atoms with E-state index in [4.69, 9.17) is 38.7 Å². The molecule has 2 nitrogen and oxygen atoms in total. The van der Waals surface area contributed by atoms with Crippen LogP contribution in [-0.2, 0) is 0 Å². The minimum Gasteiger partial charge on any atom is -0.404 e. The summed E-state index contributed by atoms with van der Waals surface area (Å²) in [4.78, 5) is 4.44. The van der Waals surface area contributed by atoms with Gasteiger partial charge in [-0.1, -0.05) is 6.82 Å². The van der Waals surface area contributed by atoms with E-state index in [0.29, 0.717) is 12.8 Å². The third-order valence-electron chi connectivity index (χ3n) is 4.46. The molecule has 1 atom stereocenters. The molecule has 2 aliphatic rings. The Bertz CT molecular complexity index is 437. The molecule has 0 N–H and O–H groups in total. The van der Waals surface area contributed by atoms with E-state index in [1.807, 2.05) is 0 Å². The lowest BCUT2D eigenvalue weighted by Gasteiger charge is -2.28. The van der Waals surface area contributed by atoms with Crippen molar-refractivity contribution in [2.75, 3.05) is 7.05 Å². The van der Waals surface area contributed by atoms with Crippen molar-refractivity contribution < 1.29 is 0 Å². The van der Waals surface area contributed by atoms with E-state index in [-0.39, 0.29) is 6.74 Å². The SMILES string of the molecule is [B]B([B])B([B])/C(B([B])[B])=C1/B(C)B1N1C=CN(C)[C@@H]1C. The fraction of sp³-hybridized carbons (Fsp3) is 0.500. The van der Waals surface area contributed by atoms with Gasteiger partial charge in [-0.3, -0.25) is 0 Å². The molecule has 0 amide bonds. The van der Waals surface area contributed by atoms with Crippen molar-refractivity contribution in [3.8, 4) is 0 Å². The molecule has 20 heavy (non-hydrogen) atoms. The van der Waals surface area contributed by atoms with Gasteiger partial charge in [0.05, 0.1) is 19.2 Å². The lowest BCUT2D eigenvalue weighted by Crippen LogP contribution is -2.46. The van der Waals surface area contributed by atoms with Crippen LogP contribution >= 0.6 is 0 Å². The molecule has 2 rings (SSSR count). The van der Waals surface area contributed by atoms with Crippen molar-refractivity contribution >= 4 is 71.4 Å². The molecule has 2 aliphatic heterocycles. The highest BCUT2D eigenvalue weighted by Crippen LogP contribution is 2.36. The highest BCUT2D eigenvalue weighted by molar-refractivity contribution is 7.71. The van der Waals surface area contributed by atoms with Gasteiger partial charge in [-0.05, 0) is 6.92 Å². The highest BCUT2D eigenvalue weighted by atomic mass is 15.3. The second kappa shape index (κ2) is 5.85. The Morgan fingerprint density at radius 2 is 1.80 bits per heavy atom. The summed E-state index contributed by atoms with van der Waals surface area (Å²) in [5, 5.41) is 1.98. The molecular weight excluding hydrogens is 232 g/mol. The quantitative estimate of drug-likeness (QED) is 0.509. The fourth-order valence-electron chi connectivity index (χ4n) is 3.01. The minimum atomic E-state index is -0.658. The molecule has 0 unspecified atom stereocenters. The van der Waals surface area contributed by atoms with Crippen molar-refractivity contribution in [2.45, 2.75) is 19.9 Å². The summed E-state index contributed by atoms with van der Waals surface area (Å²) in [5.74, 6) is 0. The van der Waals surface area contributed by atoms with Crippen LogP contribution in [0.1, 0.15) is 6.92 Å². The molecule has 0 aliphatic carbocycles. The first-order chi connectivity index (χ1) is 9.27. The fourth-order valence-corrected chi connectivity index (χ4v) is 3.01. The lowest BCUT2D eigenvalue weighted by molar-refractivity contribution is 0.277. The van der Waals surface area contributed by atoms with Crippen LogP contribution in [0.4, 0.5) is 0 Å². The summed E-state index contributed by atoms with van der Waals surface area (Å²) in [5.41, 5.74) is 0. The van der Waals surface area contributed by atoms with Crippen LogP contribution < -0.4 is 0 Å². The van der Waals surface area contributed by atoms with Gasteiger partial charge in [0, 0.05) is 64.5 Å². The number of nitrogens with zero attached hydrogens (tertiary/aromatic N) is 2. The molecule has 1 saturated heterocycles. The monoisotopic (exact) mass is 246 g/mol. The molecule has 2 heterocycles. The first-order valence-corrected chi connectivity index (χ1v) is 6.96. The summed E-state index contributed by atoms with van der Waals surface area (Å²) < 4.78 is 0. The van der Waals surface area contributed by atoms with Crippen LogP contribution in [-0.4, -0.2) is 94.3 Å². The van der Waals surface area contributed by atoms with Crippen molar-refractivity contribution in [1.82, 2.24) is 9.71 Å². The van der Waals surface area contributed by atoms with Gasteiger partial charge in [-0.25, -0.2) is 0 Å². The molecule has 0 bridgehead atoms. The molecule has 0 aromatic heterocycles. The summed E-state index contributed by atoms with van der Waals surface area (Å²) in [6, 6.07) is 0. The normalized spacial score (nSPS) is 23.2. The Hall–Kier alpha value is -0.271. The molecular formula is C8H12B10N2. The maximum Gasteiger partial charge on any atom is 0.241 e. The van der Waals surface area contributed by atoms with Gasteiger partial charge in [-0.2, -0.15) is 5.37 Å². The second-order valence-corrected chi connectivity index (χ2v) is 5.82. The van der Waals surface area contributed by atoms with Crippen molar-refractivity contribution in [2.24, 2.45) is 0 Å². The van der Waals surface area contributed by atoms with Crippen LogP contribution in [0.15, 0.2) is 23.1 Å². The minimum absolute atomic E-state index is 0.278. The van der Waals surface area contributed by atoms with Gasteiger partial charge in [0.15, 0.2) is 6.60 Å². The van der Waals surface area contributed by atoms with E-state index in [2.05, 4.69) is 42.9 Å². The Morgan fingerprint density at radius 1 is 1.20 bits per heavy atom. The second-order valence-electron chi connectivity index (χ2n) is 5.82. The first-order valence-electron chi connectivity index (χ1n) is 6.96. The average Bonchev–Trinajstić information content (AvgIpc) is 2.87. The third kappa shape index (κ3) is 2.72. The van der Waals surface area contributed by atoms with E-state index in [1.165, 1.54) is 5.37 Å². The number of hydrogen-bond acceptors (Lipinski definition) is 2. The molecule has 0 aromatic rings. The van der Waals surface area contributed by atoms with Crippen LogP contribution in [0, 0.1) is 0 Å². The lowest BCUT2D eigenvalue weighted by atomic mass is 8.81. The zero-order valence-corrected chi connectivity index (χ0v) is 12.4. The van der Waals surface area contributed by atoms with Crippen LogP contribution in [0.2, 0.25) is 6.82 Å². The standard InChI is InChI=1S/C8H12B10N2/c1-6-19(3)4-5-20(6)17-7(14(17)2)8(15(9)10)16(11)18(12)13/h4-6H,1-3H3/b8-7-/t6-/m0/s1. The van der Waals surface area contributed by atoms with E-state index >= 15 is 0 Å². The Kier molecular flexibility index (Phi) is 4.71. The molecule has 0 saturated carbocycles. The Morgan fingerprint density at radius 3 is 2.20 bits per heavy atom. The summed E-state index contributed by atoms with van der Waals surface area (Å²) in [6.07, 6.45) is 3.80. The largest absolute Gasteiger partial charge is 0.404 e. The van der Waals surface area contributed by atoms with Gasteiger partial charge < -0.3 is 9.71 Å². The zero-order chi connectivity index (χ0) is 15.2. The van der Waals surface area contributed by atoms with E-state index in [9.17, 15) is 0 Å². The molecule has 0 spiro atoms. The topological polar surface area (TPSA) is 6.48 Å². The van der Waals surface area contributed by atoms with Crippen molar-refractivity contribution in [3.05, 3.63) is 23.1 Å². The number of rotatable bonds is 4. The van der Waals surface area contributed by atoms with Gasteiger partial charge in [0.25, 0.3) is 0 Å². The molecule has 12 heteroatoms. The van der Waals surface area contributed by atoms with E-state index in [1.54, 1.807) is 0 Å². The van der Waals surface area contributed by atoms with Crippen molar-refractivity contribution in [3.63, 3.8) is 0 Å². The van der Waals surface area contributed by atoms with Gasteiger partial charge >= 0.3 is 0 Å². The third-order valence-corrected chi connectivity index (χ3v) is 4.46. The van der Waals surface area contributed by atoms with E-state index in [0.717, 1.165) is 5.37 Å². The molecule has 0 aromatic carbocycles. The summed E-state index contributed by atoms with van der Waals surface area (Å²) >= 11 is 0. The van der Waals surface area contributed by atoms with Crippen LogP contribution in [0.25, 0.3) is 0 Å². The van der Waals surface area contributed by atoms with Crippen LogP contribution in [0.5, 0.6) is 0 Å². The predicted molar refractivity (Wildman–Crippen MR) is 98.6 cm³/mol. The molecule has 1 fully saturated rings. The Balaban J connectivity index is 2.27. The smallest absolute Gasteiger partial charge is 0.241 e. The maximum atomic E-state index is 6.07. The zero-order valence-electron chi connectivity index (χ0n) is 12.4. The highest BCUT2D eigenvalue weighted by Gasteiger charge is 2.54. The summed E-state index contributed by atoms with van der Waals surface area (Å²) in [6.45, 7) is 3.82. The summed E-state index contributed by atoms with van der Waals surface area (Å²) in [7, 11) is 31.3. The van der Waals surface area contributed by atoms with Crippen molar-refractivity contribution in [1.29, 1.82) is 0 Å². The predicted octanol–water partition coefficient (Wildman–Crippen LogP) is -2.40. The Labute approximate surface area is 131 Å². The number of hydrogen-bond donors (Lipinski definition) is 0. The van der Waals surface area contributed by atoms with Gasteiger partial charge in [0.1, 0.15) is 0 Å².